The summed E-state index contributed by atoms with van der Waals surface area (Å²) >= 11 is 0. The highest BCUT2D eigenvalue weighted by Crippen LogP contribution is 2.68. The van der Waals surface area contributed by atoms with Crippen LogP contribution in [0.4, 0.5) is 5.69 Å². The van der Waals surface area contributed by atoms with E-state index in [0.29, 0.717) is 16.7 Å². The number of hydrogen-bond acceptors (Lipinski definition) is 2. The van der Waals surface area contributed by atoms with Crippen LogP contribution in [-0.2, 0) is 0 Å². The van der Waals surface area contributed by atoms with Crippen molar-refractivity contribution >= 4 is 12.0 Å². The topological polar surface area (TPSA) is 24.8 Å². The molecule has 1 aromatic carbocycles. The largest absolute Gasteiger partial charge is 0.493 e. The summed E-state index contributed by atoms with van der Waals surface area (Å²) in [5.41, 5.74) is 4.07. The van der Waals surface area contributed by atoms with Gasteiger partial charge in [0.15, 0.2) is 0 Å². The molecule has 0 unspecified atom stereocenters. The highest BCUT2D eigenvalue weighted by atomic mass is 16.5. The fraction of sp³-hybridized carbons (Fsp3) is 0.667. The van der Waals surface area contributed by atoms with E-state index in [0.717, 1.165) is 42.1 Å². The SMILES string of the molecule is CCCN(C)/C=N\c1cc(C)c(OCC2C(C)(C)C2(C)C)cc1C. The molecule has 24 heavy (non-hydrogen) atoms. The average Bonchev–Trinajstić information content (AvgIpc) is 2.88. The van der Waals surface area contributed by atoms with Crippen LogP contribution in [0.3, 0.4) is 0 Å². The van der Waals surface area contributed by atoms with Crippen molar-refractivity contribution in [2.24, 2.45) is 21.7 Å². The Labute approximate surface area is 148 Å². The lowest BCUT2D eigenvalue weighted by atomic mass is 10.0. The van der Waals surface area contributed by atoms with Crippen molar-refractivity contribution in [3.8, 4) is 5.75 Å². The Bertz CT molecular complexity index is 603. The van der Waals surface area contributed by atoms with E-state index in [9.17, 15) is 0 Å². The summed E-state index contributed by atoms with van der Waals surface area (Å²) in [4.78, 5) is 6.75. The van der Waals surface area contributed by atoms with Crippen LogP contribution >= 0.6 is 0 Å². The first-order chi connectivity index (χ1) is 11.1. The molecule has 0 radical (unpaired) electrons. The molecule has 0 spiro atoms. The van der Waals surface area contributed by atoms with Crippen molar-refractivity contribution in [2.75, 3.05) is 20.2 Å². The average molecular weight is 331 g/mol. The first-order valence-electron chi connectivity index (χ1n) is 9.09. The molecule has 1 aliphatic rings. The molecule has 0 saturated heterocycles. The van der Waals surface area contributed by atoms with Gasteiger partial charge in [0.25, 0.3) is 0 Å². The first kappa shape index (κ1) is 18.8. The summed E-state index contributed by atoms with van der Waals surface area (Å²) in [5, 5.41) is 0. The summed E-state index contributed by atoms with van der Waals surface area (Å²) < 4.78 is 6.17. The normalized spacial score (nSPS) is 18.8. The fourth-order valence-electron chi connectivity index (χ4n) is 3.56. The standard InChI is InChI=1S/C21H34N2O/c1-9-10-23(8)14-22-17-11-16(3)18(12-15(17)2)24-13-19-20(4,5)21(19,6)7/h11-12,14,19H,9-10,13H2,1-8H3/b22-14-. The van der Waals surface area contributed by atoms with Crippen LogP contribution in [0.15, 0.2) is 17.1 Å². The molecule has 0 amide bonds. The highest BCUT2D eigenvalue weighted by Gasteiger charge is 2.64. The Morgan fingerprint density at radius 2 is 1.75 bits per heavy atom. The minimum absolute atomic E-state index is 0.365. The Balaban J connectivity index is 2.05. The van der Waals surface area contributed by atoms with Crippen LogP contribution in [0, 0.1) is 30.6 Å². The van der Waals surface area contributed by atoms with Gasteiger partial charge >= 0.3 is 0 Å². The molecule has 1 fully saturated rings. The molecular weight excluding hydrogens is 296 g/mol. The summed E-state index contributed by atoms with van der Waals surface area (Å²) in [7, 11) is 2.06. The number of nitrogens with zero attached hydrogens (tertiary/aromatic N) is 2. The van der Waals surface area contributed by atoms with Gasteiger partial charge in [-0.15, -0.1) is 0 Å². The van der Waals surface area contributed by atoms with Crippen molar-refractivity contribution in [2.45, 2.75) is 54.9 Å². The second kappa shape index (κ2) is 6.78. The minimum Gasteiger partial charge on any atom is -0.493 e. The van der Waals surface area contributed by atoms with Crippen molar-refractivity contribution in [1.29, 1.82) is 0 Å². The second-order valence-corrected chi connectivity index (χ2v) is 8.44. The molecule has 0 aliphatic heterocycles. The molecule has 0 atom stereocenters. The number of hydrogen-bond donors (Lipinski definition) is 0. The van der Waals surface area contributed by atoms with Gasteiger partial charge in [-0.05, 0) is 54.4 Å². The molecule has 134 valence electrons. The van der Waals surface area contributed by atoms with E-state index in [1.54, 1.807) is 0 Å². The third-order valence-electron chi connectivity index (χ3n) is 6.19. The molecule has 1 aromatic rings. The maximum absolute atomic E-state index is 6.17. The molecule has 0 N–H and O–H groups in total. The molecule has 1 saturated carbocycles. The van der Waals surface area contributed by atoms with Crippen LogP contribution < -0.4 is 4.74 Å². The van der Waals surface area contributed by atoms with Gasteiger partial charge in [0.05, 0.1) is 18.6 Å². The zero-order valence-corrected chi connectivity index (χ0v) is 16.7. The lowest BCUT2D eigenvalue weighted by Gasteiger charge is -2.14. The van der Waals surface area contributed by atoms with Crippen molar-refractivity contribution in [1.82, 2.24) is 4.90 Å². The smallest absolute Gasteiger partial charge is 0.122 e. The lowest BCUT2D eigenvalue weighted by Crippen LogP contribution is -2.16. The zero-order valence-electron chi connectivity index (χ0n) is 16.7. The Hall–Kier alpha value is -1.51. The van der Waals surface area contributed by atoms with Crippen LogP contribution in [0.1, 0.15) is 52.2 Å². The minimum atomic E-state index is 0.365. The quantitative estimate of drug-likeness (QED) is 0.496. The van der Waals surface area contributed by atoms with Crippen LogP contribution in [0.2, 0.25) is 0 Å². The monoisotopic (exact) mass is 330 g/mol. The van der Waals surface area contributed by atoms with Gasteiger partial charge in [0.1, 0.15) is 5.75 Å². The lowest BCUT2D eigenvalue weighted by molar-refractivity contribution is 0.271. The first-order valence-corrected chi connectivity index (χ1v) is 9.09. The van der Waals surface area contributed by atoms with Gasteiger partial charge in [0, 0.05) is 19.5 Å². The van der Waals surface area contributed by atoms with E-state index in [2.05, 4.69) is 77.5 Å². The molecule has 3 nitrogen and oxygen atoms in total. The number of ether oxygens (including phenoxy) is 1. The number of aliphatic imine (C=N–C) groups is 1. The van der Waals surface area contributed by atoms with Gasteiger partial charge in [0.2, 0.25) is 0 Å². The number of aryl methyl sites for hydroxylation is 2. The molecule has 2 rings (SSSR count). The molecule has 1 aliphatic carbocycles. The van der Waals surface area contributed by atoms with Crippen molar-refractivity contribution in [3.05, 3.63) is 23.3 Å². The highest BCUT2D eigenvalue weighted by molar-refractivity contribution is 5.64. The van der Waals surface area contributed by atoms with Crippen molar-refractivity contribution in [3.63, 3.8) is 0 Å². The third kappa shape index (κ3) is 3.60. The third-order valence-corrected chi connectivity index (χ3v) is 6.19. The molecule has 0 bridgehead atoms. The second-order valence-electron chi connectivity index (χ2n) is 8.44. The molecule has 0 aromatic heterocycles. The van der Waals surface area contributed by atoms with Gasteiger partial charge in [-0.2, -0.15) is 0 Å². The molecular formula is C21H34N2O. The van der Waals surface area contributed by atoms with E-state index in [1.807, 2.05) is 6.34 Å². The van der Waals surface area contributed by atoms with Gasteiger partial charge in [-0.25, -0.2) is 4.99 Å². The van der Waals surface area contributed by atoms with E-state index in [-0.39, 0.29) is 0 Å². The van der Waals surface area contributed by atoms with Crippen LogP contribution in [-0.4, -0.2) is 31.4 Å². The molecule has 0 heterocycles. The Morgan fingerprint density at radius 1 is 1.12 bits per heavy atom. The summed E-state index contributed by atoms with van der Waals surface area (Å²) in [6, 6.07) is 4.26. The van der Waals surface area contributed by atoms with Crippen molar-refractivity contribution < 1.29 is 4.74 Å². The zero-order chi connectivity index (χ0) is 18.1. The molecule has 3 heteroatoms. The Morgan fingerprint density at radius 3 is 2.29 bits per heavy atom. The van der Waals surface area contributed by atoms with Gasteiger partial charge in [-0.3, -0.25) is 0 Å². The van der Waals surface area contributed by atoms with Gasteiger partial charge < -0.3 is 9.64 Å². The van der Waals surface area contributed by atoms with E-state index < -0.39 is 0 Å². The van der Waals surface area contributed by atoms with Crippen LogP contribution in [0.5, 0.6) is 5.75 Å². The maximum atomic E-state index is 6.17. The number of rotatable bonds is 7. The predicted molar refractivity (Wildman–Crippen MR) is 104 cm³/mol. The maximum Gasteiger partial charge on any atom is 0.122 e. The summed E-state index contributed by atoms with van der Waals surface area (Å²) in [6.07, 6.45) is 3.04. The fourth-order valence-corrected chi connectivity index (χ4v) is 3.56. The predicted octanol–water partition coefficient (Wildman–Crippen LogP) is 5.37. The summed E-state index contributed by atoms with van der Waals surface area (Å²) in [5.74, 6) is 1.61. The number of benzene rings is 1. The van der Waals surface area contributed by atoms with E-state index in [1.165, 1.54) is 0 Å². The van der Waals surface area contributed by atoms with Crippen LogP contribution in [0.25, 0.3) is 0 Å². The van der Waals surface area contributed by atoms with E-state index in [4.69, 9.17) is 4.74 Å². The van der Waals surface area contributed by atoms with Gasteiger partial charge in [-0.1, -0.05) is 34.6 Å². The van der Waals surface area contributed by atoms with E-state index >= 15 is 0 Å². The Kier molecular flexibility index (Phi) is 5.31. The summed E-state index contributed by atoms with van der Waals surface area (Å²) in [6.45, 7) is 17.5.